The molecule has 2 aliphatic rings. The van der Waals surface area contributed by atoms with Crippen molar-refractivity contribution in [1.82, 2.24) is 9.62 Å². The summed E-state index contributed by atoms with van der Waals surface area (Å²) in [7, 11) is -3.38. The van der Waals surface area contributed by atoms with E-state index in [2.05, 4.69) is 5.32 Å². The van der Waals surface area contributed by atoms with E-state index in [1.54, 1.807) is 10.4 Å². The van der Waals surface area contributed by atoms with Gasteiger partial charge in [0.2, 0.25) is 15.8 Å². The molecule has 0 amide bonds. The van der Waals surface area contributed by atoms with Crippen LogP contribution in [0.25, 0.3) is 0 Å². The Balaban J connectivity index is 0.991. The Bertz CT molecular complexity index is 1210. The van der Waals surface area contributed by atoms with Gasteiger partial charge in [-0.2, -0.15) is 4.31 Å². The summed E-state index contributed by atoms with van der Waals surface area (Å²) in [6.45, 7) is 8.46. The molecule has 1 unspecified atom stereocenters. The SMILES string of the molecule is CC1(C)OCc2cc(C(O)CNCCCCCCOCCCCc3cccc(S(=O)(=O)N4CCCCC4)c3)ccc2O1. The fourth-order valence-corrected chi connectivity index (χ4v) is 7.07. The highest BCUT2D eigenvalue weighted by Crippen LogP contribution is 2.33. The van der Waals surface area contributed by atoms with Crippen molar-refractivity contribution in [3.63, 3.8) is 0 Å². The molecule has 234 valence electrons. The zero-order valence-corrected chi connectivity index (χ0v) is 26.3. The number of unbranched alkanes of at least 4 members (excludes halogenated alkanes) is 4. The molecule has 2 heterocycles. The van der Waals surface area contributed by atoms with E-state index in [9.17, 15) is 13.5 Å². The molecule has 1 atom stereocenters. The predicted molar refractivity (Wildman–Crippen MR) is 165 cm³/mol. The number of aliphatic hydroxyl groups excluding tert-OH is 1. The molecule has 2 aromatic carbocycles. The number of nitrogens with zero attached hydrogens (tertiary/aromatic N) is 1. The number of aliphatic hydroxyl groups is 1. The van der Waals surface area contributed by atoms with Crippen LogP contribution in [0.5, 0.6) is 5.75 Å². The molecule has 8 nitrogen and oxygen atoms in total. The molecule has 2 N–H and O–H groups in total. The number of ether oxygens (including phenoxy) is 3. The first-order valence-electron chi connectivity index (χ1n) is 15.8. The number of piperidine rings is 1. The third-order valence-corrected chi connectivity index (χ3v) is 9.88. The van der Waals surface area contributed by atoms with Gasteiger partial charge in [-0.3, -0.25) is 0 Å². The van der Waals surface area contributed by atoms with Crippen LogP contribution in [0.15, 0.2) is 47.4 Å². The maximum absolute atomic E-state index is 12.9. The molecular weight excluding hydrogens is 552 g/mol. The molecule has 0 aromatic heterocycles. The van der Waals surface area contributed by atoms with Crippen molar-refractivity contribution in [2.45, 2.75) is 101 Å². The summed E-state index contributed by atoms with van der Waals surface area (Å²) >= 11 is 0. The topological polar surface area (TPSA) is 97.3 Å². The fourth-order valence-electron chi connectivity index (χ4n) is 5.48. The molecule has 0 bridgehead atoms. The highest BCUT2D eigenvalue weighted by Gasteiger charge is 2.28. The van der Waals surface area contributed by atoms with Gasteiger partial charge in [-0.15, -0.1) is 0 Å². The summed E-state index contributed by atoms with van der Waals surface area (Å²) in [6.07, 6.45) is 9.65. The van der Waals surface area contributed by atoms with E-state index in [-0.39, 0.29) is 0 Å². The zero-order chi connectivity index (χ0) is 29.8. The zero-order valence-electron chi connectivity index (χ0n) is 25.5. The molecule has 0 aliphatic carbocycles. The molecule has 9 heteroatoms. The first-order chi connectivity index (χ1) is 20.2. The van der Waals surface area contributed by atoms with Crippen molar-refractivity contribution in [2.75, 3.05) is 39.4 Å². The van der Waals surface area contributed by atoms with E-state index in [1.165, 1.54) is 0 Å². The number of sulfonamides is 1. The van der Waals surface area contributed by atoms with E-state index in [0.29, 0.717) is 31.1 Å². The molecule has 1 fully saturated rings. The summed E-state index contributed by atoms with van der Waals surface area (Å²) in [5, 5.41) is 13.9. The second-order valence-electron chi connectivity index (χ2n) is 12.0. The highest BCUT2D eigenvalue weighted by molar-refractivity contribution is 7.89. The molecule has 0 radical (unpaired) electrons. The smallest absolute Gasteiger partial charge is 0.243 e. The van der Waals surface area contributed by atoms with Crippen molar-refractivity contribution in [3.8, 4) is 5.75 Å². The van der Waals surface area contributed by atoms with Crippen molar-refractivity contribution >= 4 is 10.0 Å². The largest absolute Gasteiger partial charge is 0.463 e. The quantitative estimate of drug-likeness (QED) is 0.223. The van der Waals surface area contributed by atoms with Crippen LogP contribution in [0.1, 0.15) is 94.4 Å². The van der Waals surface area contributed by atoms with Gasteiger partial charge in [-0.05, 0) is 86.9 Å². The minimum atomic E-state index is -3.38. The van der Waals surface area contributed by atoms with Gasteiger partial charge < -0.3 is 24.6 Å². The van der Waals surface area contributed by atoms with Gasteiger partial charge in [0.05, 0.1) is 17.6 Å². The number of hydrogen-bond acceptors (Lipinski definition) is 7. The lowest BCUT2D eigenvalue weighted by atomic mass is 10.0. The Morgan fingerprint density at radius 1 is 0.976 bits per heavy atom. The number of benzene rings is 2. The van der Waals surface area contributed by atoms with Crippen molar-refractivity contribution in [1.29, 1.82) is 0 Å². The van der Waals surface area contributed by atoms with Crippen LogP contribution in [-0.2, 0) is 32.5 Å². The third-order valence-electron chi connectivity index (χ3n) is 7.99. The number of rotatable bonds is 17. The maximum atomic E-state index is 12.9. The van der Waals surface area contributed by atoms with Crippen molar-refractivity contribution in [2.24, 2.45) is 0 Å². The van der Waals surface area contributed by atoms with E-state index < -0.39 is 21.9 Å². The van der Waals surface area contributed by atoms with Crippen LogP contribution in [-0.4, -0.2) is 63.0 Å². The van der Waals surface area contributed by atoms with Crippen molar-refractivity contribution in [3.05, 3.63) is 59.2 Å². The molecule has 1 saturated heterocycles. The number of fused-ring (bicyclic) bond motifs is 1. The van der Waals surface area contributed by atoms with E-state index in [4.69, 9.17) is 14.2 Å². The first kappa shape index (κ1) is 32.9. The molecule has 2 aromatic rings. The van der Waals surface area contributed by atoms with Crippen LogP contribution >= 0.6 is 0 Å². The lowest BCUT2D eigenvalue weighted by Gasteiger charge is -2.33. The van der Waals surface area contributed by atoms with Crippen LogP contribution in [0, 0.1) is 0 Å². The van der Waals surface area contributed by atoms with Gasteiger partial charge >= 0.3 is 0 Å². The normalized spacial score (nSPS) is 17.9. The van der Waals surface area contributed by atoms with Crippen LogP contribution < -0.4 is 10.1 Å². The summed E-state index contributed by atoms with van der Waals surface area (Å²) < 4.78 is 44.9. The van der Waals surface area contributed by atoms with E-state index in [0.717, 1.165) is 106 Å². The first-order valence-corrected chi connectivity index (χ1v) is 17.2. The van der Waals surface area contributed by atoms with E-state index in [1.807, 2.05) is 50.2 Å². The Hall–Kier alpha value is -2.01. The van der Waals surface area contributed by atoms with Gasteiger partial charge in [0.25, 0.3) is 0 Å². The molecule has 42 heavy (non-hydrogen) atoms. The Morgan fingerprint density at radius 2 is 1.74 bits per heavy atom. The van der Waals surface area contributed by atoms with Gasteiger partial charge in [0.15, 0.2) is 0 Å². The summed E-state index contributed by atoms with van der Waals surface area (Å²) in [5.41, 5.74) is 2.92. The van der Waals surface area contributed by atoms with Gasteiger partial charge in [-0.1, -0.05) is 37.5 Å². The molecule has 0 saturated carbocycles. The van der Waals surface area contributed by atoms with Gasteiger partial charge in [-0.25, -0.2) is 8.42 Å². The molecule has 2 aliphatic heterocycles. The number of aryl methyl sites for hydroxylation is 1. The maximum Gasteiger partial charge on any atom is 0.243 e. The average molecular weight is 603 g/mol. The van der Waals surface area contributed by atoms with Gasteiger partial charge in [0, 0.05) is 52.3 Å². The minimum absolute atomic E-state index is 0.425. The van der Waals surface area contributed by atoms with Crippen molar-refractivity contribution < 1.29 is 27.7 Å². The Labute approximate surface area is 252 Å². The molecule has 4 rings (SSSR count). The molecular formula is C33H50N2O6S. The number of nitrogens with one attached hydrogen (secondary N) is 1. The Kier molecular flexibility index (Phi) is 12.7. The fraction of sp³-hybridized carbons (Fsp3) is 0.636. The summed E-state index contributed by atoms with van der Waals surface area (Å²) in [6, 6.07) is 13.3. The summed E-state index contributed by atoms with van der Waals surface area (Å²) in [5.74, 6) is 0.208. The van der Waals surface area contributed by atoms with Crippen LogP contribution in [0.2, 0.25) is 0 Å². The third kappa shape index (κ3) is 10.0. The van der Waals surface area contributed by atoms with Crippen LogP contribution in [0.4, 0.5) is 0 Å². The number of hydrogen-bond donors (Lipinski definition) is 2. The minimum Gasteiger partial charge on any atom is -0.463 e. The highest BCUT2D eigenvalue weighted by atomic mass is 32.2. The standard InChI is InChI=1S/C33H50N2O6S/c1-33(2)40-26-29-24-28(16-17-32(29)41-33)31(36)25-34-18-7-3-4-10-21-39-22-11-6-13-27-14-12-15-30(23-27)42(37,38)35-19-8-5-9-20-35/h12,14-17,23-24,31,34,36H,3-11,13,18-22,25-26H2,1-2H3. The Morgan fingerprint density at radius 3 is 2.55 bits per heavy atom. The lowest BCUT2D eigenvalue weighted by Crippen LogP contribution is -2.35. The predicted octanol–water partition coefficient (Wildman–Crippen LogP) is 5.73. The van der Waals surface area contributed by atoms with Crippen LogP contribution in [0.3, 0.4) is 0 Å². The van der Waals surface area contributed by atoms with E-state index >= 15 is 0 Å². The second-order valence-corrected chi connectivity index (χ2v) is 13.9. The second kappa shape index (κ2) is 16.2. The van der Waals surface area contributed by atoms with Gasteiger partial charge in [0.1, 0.15) is 5.75 Å². The average Bonchev–Trinajstić information content (AvgIpc) is 2.99. The molecule has 0 spiro atoms. The lowest BCUT2D eigenvalue weighted by molar-refractivity contribution is -0.180. The monoisotopic (exact) mass is 602 g/mol. The summed E-state index contributed by atoms with van der Waals surface area (Å²) in [4.78, 5) is 0.425.